The predicted octanol–water partition coefficient (Wildman–Crippen LogP) is 22.9. The number of allylic oxidation sites excluding steroid dienone is 12. The number of carbonyl (C=O) groups is 3. The van der Waals surface area contributed by atoms with E-state index in [4.69, 9.17) is 14.2 Å². The normalized spacial score (nSPS) is 12.5. The van der Waals surface area contributed by atoms with Crippen molar-refractivity contribution in [3.63, 3.8) is 0 Å². The maximum absolute atomic E-state index is 12.9. The van der Waals surface area contributed by atoms with Gasteiger partial charge in [0.1, 0.15) is 13.2 Å². The van der Waals surface area contributed by atoms with Crippen LogP contribution in [0.2, 0.25) is 0 Å². The van der Waals surface area contributed by atoms with Gasteiger partial charge in [-0.25, -0.2) is 0 Å². The highest BCUT2D eigenvalue weighted by Crippen LogP contribution is 2.18. The summed E-state index contributed by atoms with van der Waals surface area (Å²) in [5, 5.41) is 0. The van der Waals surface area contributed by atoms with E-state index in [1.54, 1.807) is 0 Å². The highest BCUT2D eigenvalue weighted by atomic mass is 16.6. The molecule has 6 nitrogen and oxygen atoms in total. The van der Waals surface area contributed by atoms with E-state index in [1.807, 2.05) is 0 Å². The number of unbranched alkanes of at least 4 members (excludes halogenated alkanes) is 38. The molecule has 77 heavy (non-hydrogen) atoms. The maximum Gasteiger partial charge on any atom is 0.306 e. The lowest BCUT2D eigenvalue weighted by Crippen LogP contribution is -2.30. The molecule has 0 fully saturated rings. The quantitative estimate of drug-likeness (QED) is 0.0261. The summed E-state index contributed by atoms with van der Waals surface area (Å²) in [5.74, 6) is -0.897. The van der Waals surface area contributed by atoms with E-state index in [9.17, 15) is 14.4 Å². The van der Waals surface area contributed by atoms with E-state index < -0.39 is 6.10 Å². The Bertz CT molecular complexity index is 1420. The summed E-state index contributed by atoms with van der Waals surface area (Å²) in [5.41, 5.74) is 0. The largest absolute Gasteiger partial charge is 0.462 e. The Morgan fingerprint density at radius 3 is 0.844 bits per heavy atom. The van der Waals surface area contributed by atoms with Gasteiger partial charge in [-0.3, -0.25) is 14.4 Å². The second-order valence-corrected chi connectivity index (χ2v) is 22.4. The first-order chi connectivity index (χ1) is 38.0. The molecule has 1 unspecified atom stereocenters. The zero-order valence-corrected chi connectivity index (χ0v) is 51.2. The molecule has 0 aliphatic carbocycles. The Hall–Kier alpha value is -3.15. The van der Waals surface area contributed by atoms with Crippen molar-refractivity contribution < 1.29 is 28.6 Å². The van der Waals surface area contributed by atoms with Gasteiger partial charge in [0.25, 0.3) is 0 Å². The fraction of sp³-hybridized carbons (Fsp3) is 0.789. The third-order valence-corrected chi connectivity index (χ3v) is 14.7. The monoisotopic (exact) mass is 1070 g/mol. The third-order valence-electron chi connectivity index (χ3n) is 14.7. The summed E-state index contributed by atoms with van der Waals surface area (Å²) in [4.78, 5) is 38.3. The number of hydrogen-bond acceptors (Lipinski definition) is 6. The van der Waals surface area contributed by atoms with E-state index in [0.29, 0.717) is 19.3 Å². The number of rotatable bonds is 61. The summed E-state index contributed by atoms with van der Waals surface area (Å²) in [6.45, 7) is 6.51. The van der Waals surface area contributed by atoms with E-state index in [-0.39, 0.29) is 31.1 Å². The van der Waals surface area contributed by atoms with Crippen molar-refractivity contribution in [2.45, 2.75) is 348 Å². The summed E-state index contributed by atoms with van der Waals surface area (Å²) >= 11 is 0. The number of esters is 3. The van der Waals surface area contributed by atoms with Gasteiger partial charge in [-0.15, -0.1) is 0 Å². The first-order valence-corrected chi connectivity index (χ1v) is 33.4. The molecular weight excluding hydrogens is 949 g/mol. The Labute approximate surface area is 478 Å². The predicted molar refractivity (Wildman–Crippen MR) is 335 cm³/mol. The molecular formula is C71H126O6. The van der Waals surface area contributed by atoms with E-state index in [2.05, 4.69) is 93.7 Å². The molecule has 6 heteroatoms. The smallest absolute Gasteiger partial charge is 0.306 e. The highest BCUT2D eigenvalue weighted by molar-refractivity contribution is 5.71. The van der Waals surface area contributed by atoms with Gasteiger partial charge >= 0.3 is 17.9 Å². The Morgan fingerprint density at radius 2 is 0.519 bits per heavy atom. The molecule has 1 atom stereocenters. The van der Waals surface area contributed by atoms with E-state index in [0.717, 1.165) is 116 Å². The fourth-order valence-electron chi connectivity index (χ4n) is 9.69. The van der Waals surface area contributed by atoms with Crippen LogP contribution in [0.5, 0.6) is 0 Å². The molecule has 0 aromatic carbocycles. The van der Waals surface area contributed by atoms with Crippen LogP contribution in [0.25, 0.3) is 0 Å². The van der Waals surface area contributed by atoms with Crippen LogP contribution < -0.4 is 0 Å². The van der Waals surface area contributed by atoms with E-state index in [1.165, 1.54) is 186 Å². The van der Waals surface area contributed by atoms with Crippen molar-refractivity contribution in [2.75, 3.05) is 13.2 Å². The molecule has 0 rings (SSSR count). The first kappa shape index (κ1) is 73.8. The molecule has 0 aromatic heterocycles. The molecule has 0 amide bonds. The summed E-state index contributed by atoms with van der Waals surface area (Å²) in [6.07, 6.45) is 85.0. The topological polar surface area (TPSA) is 78.9 Å². The zero-order chi connectivity index (χ0) is 55.7. The fourth-order valence-corrected chi connectivity index (χ4v) is 9.69. The van der Waals surface area contributed by atoms with Gasteiger partial charge in [-0.05, 0) is 83.5 Å². The molecule has 0 spiro atoms. The van der Waals surface area contributed by atoms with Crippen LogP contribution in [0.1, 0.15) is 342 Å². The van der Waals surface area contributed by atoms with Crippen molar-refractivity contribution in [3.8, 4) is 0 Å². The summed E-state index contributed by atoms with van der Waals surface area (Å²) < 4.78 is 16.9. The minimum absolute atomic E-state index is 0.0833. The molecule has 446 valence electrons. The summed E-state index contributed by atoms with van der Waals surface area (Å²) in [6, 6.07) is 0. The van der Waals surface area contributed by atoms with Crippen LogP contribution in [-0.2, 0) is 28.6 Å². The molecule has 0 saturated carbocycles. The average molecular weight is 1080 g/mol. The lowest BCUT2D eigenvalue weighted by Gasteiger charge is -2.18. The van der Waals surface area contributed by atoms with Crippen LogP contribution in [0.4, 0.5) is 0 Å². The second kappa shape index (κ2) is 65.4. The van der Waals surface area contributed by atoms with Crippen LogP contribution in [0.3, 0.4) is 0 Å². The third kappa shape index (κ3) is 63.6. The standard InChI is InChI=1S/C71H126O6/c1-4-7-10-13-16-19-22-24-26-28-30-32-33-34-35-36-37-39-40-42-44-46-49-52-55-58-61-64-70(73)76-67-68(66-75-69(72)63-60-57-54-51-48-21-18-15-12-9-6-3)77-71(74)65-62-59-56-53-50-47-45-43-41-38-31-29-27-25-23-20-17-14-11-8-5-2/h8,11,15,17-18,20,25,27,31,38,43,45,68H,4-7,9-10,12-14,16,19,21-24,26,28-30,32-37,39-42,44,46-67H2,1-3H3/b11-8-,18-15-,20-17-,27-25-,38-31-,45-43-. The molecule has 0 aliphatic rings. The van der Waals surface area contributed by atoms with Gasteiger partial charge < -0.3 is 14.2 Å². The Kier molecular flexibility index (Phi) is 62.7. The SMILES string of the molecule is CC/C=C\C/C=C\C/C=C\C/C=C\C/C=C\CCCCCCCC(=O)OC(COC(=O)CCCCCCC/C=C\CCCC)COC(=O)CCCCCCCCCCCCCCCCCCCCCCCCCCCCC. The average Bonchev–Trinajstić information content (AvgIpc) is 3.43. The van der Waals surface area contributed by atoms with Crippen LogP contribution in [-0.4, -0.2) is 37.2 Å². The Balaban J connectivity index is 4.23. The number of ether oxygens (including phenoxy) is 3. The van der Waals surface area contributed by atoms with Crippen molar-refractivity contribution in [1.29, 1.82) is 0 Å². The first-order valence-electron chi connectivity index (χ1n) is 33.4. The second-order valence-electron chi connectivity index (χ2n) is 22.4. The lowest BCUT2D eigenvalue weighted by atomic mass is 10.0. The van der Waals surface area contributed by atoms with Gasteiger partial charge in [-0.2, -0.15) is 0 Å². The van der Waals surface area contributed by atoms with Crippen molar-refractivity contribution in [2.24, 2.45) is 0 Å². The van der Waals surface area contributed by atoms with Crippen molar-refractivity contribution in [1.82, 2.24) is 0 Å². The van der Waals surface area contributed by atoms with Crippen LogP contribution in [0.15, 0.2) is 72.9 Å². The van der Waals surface area contributed by atoms with Crippen molar-refractivity contribution in [3.05, 3.63) is 72.9 Å². The van der Waals surface area contributed by atoms with Crippen LogP contribution in [0, 0.1) is 0 Å². The molecule has 0 radical (unpaired) electrons. The maximum atomic E-state index is 12.9. The molecule has 0 bridgehead atoms. The number of carbonyl (C=O) groups excluding carboxylic acids is 3. The summed E-state index contributed by atoms with van der Waals surface area (Å²) in [7, 11) is 0. The van der Waals surface area contributed by atoms with Gasteiger partial charge in [0.2, 0.25) is 0 Å². The minimum atomic E-state index is -0.789. The Morgan fingerprint density at radius 1 is 0.273 bits per heavy atom. The van der Waals surface area contributed by atoms with E-state index >= 15 is 0 Å². The molecule has 0 N–H and O–H groups in total. The molecule has 0 aliphatic heterocycles. The molecule has 0 heterocycles. The van der Waals surface area contributed by atoms with Crippen molar-refractivity contribution >= 4 is 17.9 Å². The number of hydrogen-bond donors (Lipinski definition) is 0. The molecule has 0 saturated heterocycles. The molecule has 0 aromatic rings. The lowest BCUT2D eigenvalue weighted by molar-refractivity contribution is -0.167. The van der Waals surface area contributed by atoms with Gasteiger partial charge in [0.05, 0.1) is 0 Å². The zero-order valence-electron chi connectivity index (χ0n) is 51.2. The van der Waals surface area contributed by atoms with Crippen LogP contribution >= 0.6 is 0 Å². The van der Waals surface area contributed by atoms with Gasteiger partial charge in [0, 0.05) is 19.3 Å². The van der Waals surface area contributed by atoms with Gasteiger partial charge in [-0.1, -0.05) is 312 Å². The minimum Gasteiger partial charge on any atom is -0.462 e. The highest BCUT2D eigenvalue weighted by Gasteiger charge is 2.19. The van der Waals surface area contributed by atoms with Gasteiger partial charge in [0.15, 0.2) is 6.10 Å².